The molecule has 0 bridgehead atoms. The van der Waals surface area contributed by atoms with Crippen molar-refractivity contribution in [3.63, 3.8) is 0 Å². The van der Waals surface area contributed by atoms with E-state index in [2.05, 4.69) is 22.8 Å². The summed E-state index contributed by atoms with van der Waals surface area (Å²) in [6, 6.07) is 17.1. The van der Waals surface area contributed by atoms with Crippen LogP contribution in [-0.2, 0) is 20.2 Å². The third-order valence-electron chi connectivity index (χ3n) is 6.35. The number of nitrogens with zero attached hydrogens (tertiary/aromatic N) is 1. The molecule has 31 heavy (non-hydrogen) atoms. The Hall–Kier alpha value is -2.38. The number of carbonyl (C=O) groups is 1. The van der Waals surface area contributed by atoms with E-state index in [4.69, 9.17) is 0 Å². The molecule has 0 unspecified atom stereocenters. The fraction of sp³-hybridized carbons (Fsp3) is 0.458. The van der Waals surface area contributed by atoms with Crippen molar-refractivity contribution in [1.82, 2.24) is 9.62 Å². The van der Waals surface area contributed by atoms with Gasteiger partial charge in [0.1, 0.15) is 0 Å². The van der Waals surface area contributed by atoms with Crippen molar-refractivity contribution in [3.8, 4) is 0 Å². The van der Waals surface area contributed by atoms with Crippen LogP contribution in [0.15, 0.2) is 59.5 Å². The Bertz CT molecular complexity index is 996. The van der Waals surface area contributed by atoms with Crippen molar-refractivity contribution in [2.24, 2.45) is 0 Å². The predicted molar refractivity (Wildman–Crippen MR) is 123 cm³/mol. The first-order chi connectivity index (χ1) is 15.0. The van der Waals surface area contributed by atoms with Gasteiger partial charge in [-0.15, -0.1) is 0 Å². The van der Waals surface area contributed by atoms with Crippen molar-refractivity contribution in [2.45, 2.75) is 48.8 Å². The third-order valence-corrected chi connectivity index (χ3v) is 8.25. The highest BCUT2D eigenvalue weighted by molar-refractivity contribution is 7.89. The molecule has 1 heterocycles. The Morgan fingerprint density at radius 1 is 0.935 bits per heavy atom. The summed E-state index contributed by atoms with van der Waals surface area (Å²) in [5.41, 5.74) is 1.97. The monoisotopic (exact) mass is 441 g/mol. The molecule has 2 aliphatic rings. The molecule has 166 valence electrons. The normalized spacial score (nSPS) is 18.7. The number of anilines is 1. The molecule has 1 saturated heterocycles. The van der Waals surface area contributed by atoms with E-state index >= 15 is 0 Å². The van der Waals surface area contributed by atoms with Gasteiger partial charge in [0.2, 0.25) is 15.9 Å². The van der Waals surface area contributed by atoms with E-state index in [0.29, 0.717) is 25.3 Å². The van der Waals surface area contributed by atoms with Crippen LogP contribution in [0.4, 0.5) is 5.69 Å². The summed E-state index contributed by atoms with van der Waals surface area (Å²) < 4.78 is 27.6. The van der Waals surface area contributed by atoms with Crippen LogP contribution < -0.4 is 10.6 Å². The zero-order chi connectivity index (χ0) is 21.7. The molecule has 6 nitrogen and oxygen atoms in total. The molecule has 1 aliphatic carbocycles. The van der Waals surface area contributed by atoms with Gasteiger partial charge in [-0.2, -0.15) is 4.31 Å². The lowest BCUT2D eigenvalue weighted by molar-refractivity contribution is -0.119. The Balaban J connectivity index is 1.32. The van der Waals surface area contributed by atoms with Gasteiger partial charge in [0.25, 0.3) is 0 Å². The molecule has 7 heteroatoms. The van der Waals surface area contributed by atoms with Gasteiger partial charge >= 0.3 is 0 Å². The summed E-state index contributed by atoms with van der Waals surface area (Å²) in [5, 5.41) is 6.10. The molecule has 2 fully saturated rings. The quantitative estimate of drug-likeness (QED) is 0.657. The van der Waals surface area contributed by atoms with Crippen LogP contribution in [0.1, 0.15) is 44.1 Å². The van der Waals surface area contributed by atoms with Crippen molar-refractivity contribution in [1.29, 1.82) is 0 Å². The molecule has 2 aromatic carbocycles. The molecule has 4 rings (SSSR count). The molecule has 1 amide bonds. The van der Waals surface area contributed by atoms with E-state index in [0.717, 1.165) is 38.5 Å². The largest absolute Gasteiger partial charge is 0.376 e. The van der Waals surface area contributed by atoms with Gasteiger partial charge in [-0.1, -0.05) is 49.2 Å². The lowest BCUT2D eigenvalue weighted by Crippen LogP contribution is -2.36. The summed E-state index contributed by atoms with van der Waals surface area (Å²) in [6.07, 6.45) is 6.13. The summed E-state index contributed by atoms with van der Waals surface area (Å²) >= 11 is 0. The zero-order valence-corrected chi connectivity index (χ0v) is 18.7. The van der Waals surface area contributed by atoms with Crippen LogP contribution in [-0.4, -0.2) is 44.8 Å². The summed E-state index contributed by atoms with van der Waals surface area (Å²) in [4.78, 5) is 12.7. The second kappa shape index (κ2) is 9.40. The SMILES string of the molecule is O=C(CNc1cccc(S(=O)(=O)N2CCCCCC2)c1)NCC1(c2ccccc2)CC1. The summed E-state index contributed by atoms with van der Waals surface area (Å²) in [5.74, 6) is -0.0945. The minimum Gasteiger partial charge on any atom is -0.376 e. The Morgan fingerprint density at radius 2 is 1.65 bits per heavy atom. The molecule has 0 spiro atoms. The van der Waals surface area contributed by atoms with E-state index < -0.39 is 10.0 Å². The number of nitrogens with one attached hydrogen (secondary N) is 2. The van der Waals surface area contributed by atoms with E-state index in [1.807, 2.05) is 18.2 Å². The zero-order valence-electron chi connectivity index (χ0n) is 17.8. The fourth-order valence-corrected chi connectivity index (χ4v) is 5.78. The number of amides is 1. The predicted octanol–water partition coefficient (Wildman–Crippen LogP) is 3.51. The van der Waals surface area contributed by atoms with Crippen LogP contribution in [0.25, 0.3) is 0 Å². The van der Waals surface area contributed by atoms with Gasteiger partial charge in [-0.3, -0.25) is 4.79 Å². The average molecular weight is 442 g/mol. The first-order valence-corrected chi connectivity index (χ1v) is 12.6. The van der Waals surface area contributed by atoms with Gasteiger partial charge in [-0.25, -0.2) is 8.42 Å². The van der Waals surface area contributed by atoms with Crippen molar-refractivity contribution >= 4 is 21.6 Å². The summed E-state index contributed by atoms with van der Waals surface area (Å²) in [6.45, 7) is 1.89. The van der Waals surface area contributed by atoms with E-state index in [-0.39, 0.29) is 22.8 Å². The third kappa shape index (κ3) is 5.28. The number of sulfonamides is 1. The number of hydrogen-bond donors (Lipinski definition) is 2. The average Bonchev–Trinajstić information content (AvgIpc) is 3.62. The molecule has 1 saturated carbocycles. The minimum absolute atomic E-state index is 0.0675. The fourth-order valence-electron chi connectivity index (χ4n) is 4.22. The standard InChI is InChI=1S/C24H31N3O3S/c28-23(26-19-24(13-14-24)20-9-4-3-5-10-20)18-25-21-11-8-12-22(17-21)31(29,30)27-15-6-1-2-7-16-27/h3-5,8-12,17,25H,1-2,6-7,13-16,18-19H2,(H,26,28). The van der Waals surface area contributed by atoms with Crippen LogP contribution in [0.3, 0.4) is 0 Å². The van der Waals surface area contributed by atoms with Crippen molar-refractivity contribution in [3.05, 3.63) is 60.2 Å². The topological polar surface area (TPSA) is 78.5 Å². The Morgan fingerprint density at radius 3 is 2.32 bits per heavy atom. The van der Waals surface area contributed by atoms with Gasteiger partial charge in [-0.05, 0) is 49.4 Å². The lowest BCUT2D eigenvalue weighted by atomic mass is 9.96. The Kier molecular flexibility index (Phi) is 6.62. The molecular weight excluding hydrogens is 410 g/mol. The molecule has 1 aliphatic heterocycles. The highest BCUT2D eigenvalue weighted by Gasteiger charge is 2.44. The molecule has 2 N–H and O–H groups in total. The smallest absolute Gasteiger partial charge is 0.243 e. The van der Waals surface area contributed by atoms with Crippen molar-refractivity contribution < 1.29 is 13.2 Å². The van der Waals surface area contributed by atoms with E-state index in [9.17, 15) is 13.2 Å². The van der Waals surface area contributed by atoms with Crippen LogP contribution in [0, 0.1) is 0 Å². The molecular formula is C24H31N3O3S. The van der Waals surface area contributed by atoms with Gasteiger partial charge in [0.05, 0.1) is 11.4 Å². The number of hydrogen-bond acceptors (Lipinski definition) is 4. The van der Waals surface area contributed by atoms with Gasteiger partial charge < -0.3 is 10.6 Å². The number of rotatable bonds is 8. The first kappa shape index (κ1) is 21.8. The van der Waals surface area contributed by atoms with E-state index in [1.165, 1.54) is 5.56 Å². The summed E-state index contributed by atoms with van der Waals surface area (Å²) in [7, 11) is -3.51. The Labute approximate surface area is 185 Å². The second-order valence-corrected chi connectivity index (χ2v) is 10.6. The number of carbonyl (C=O) groups excluding carboxylic acids is 1. The van der Waals surface area contributed by atoms with Crippen LogP contribution in [0.2, 0.25) is 0 Å². The van der Waals surface area contributed by atoms with Crippen molar-refractivity contribution in [2.75, 3.05) is 31.5 Å². The highest BCUT2D eigenvalue weighted by atomic mass is 32.2. The van der Waals surface area contributed by atoms with Crippen LogP contribution >= 0.6 is 0 Å². The highest BCUT2D eigenvalue weighted by Crippen LogP contribution is 2.47. The maximum Gasteiger partial charge on any atom is 0.243 e. The molecule has 0 atom stereocenters. The van der Waals surface area contributed by atoms with Crippen LogP contribution in [0.5, 0.6) is 0 Å². The lowest BCUT2D eigenvalue weighted by Gasteiger charge is -2.20. The van der Waals surface area contributed by atoms with Gasteiger partial charge in [0.15, 0.2) is 0 Å². The number of benzene rings is 2. The first-order valence-electron chi connectivity index (χ1n) is 11.2. The molecule has 2 aromatic rings. The molecule has 0 radical (unpaired) electrons. The van der Waals surface area contributed by atoms with Gasteiger partial charge in [0, 0.05) is 30.7 Å². The maximum atomic E-state index is 13.0. The molecule has 0 aromatic heterocycles. The van der Waals surface area contributed by atoms with E-state index in [1.54, 1.807) is 28.6 Å². The maximum absolute atomic E-state index is 13.0. The minimum atomic E-state index is -3.51. The second-order valence-electron chi connectivity index (χ2n) is 8.62.